The van der Waals surface area contributed by atoms with Gasteiger partial charge in [-0.1, -0.05) is 12.1 Å². The predicted octanol–water partition coefficient (Wildman–Crippen LogP) is -0.0714. The van der Waals surface area contributed by atoms with Gasteiger partial charge in [-0.2, -0.15) is 0 Å². The third-order valence-corrected chi connectivity index (χ3v) is 7.62. The van der Waals surface area contributed by atoms with Gasteiger partial charge >= 0.3 is 0 Å². The Bertz CT molecular complexity index is 802. The average molecular weight is 362 g/mol. The lowest BCUT2D eigenvalue weighted by molar-refractivity contribution is 0.0271. The summed E-state index contributed by atoms with van der Waals surface area (Å²) in [5, 5.41) is 11.4. The summed E-state index contributed by atoms with van der Waals surface area (Å²) in [7, 11) is -4.42. The fourth-order valence-electron chi connectivity index (χ4n) is 2.80. The number of nitrogens with zero attached hydrogens (tertiary/aromatic N) is 2. The van der Waals surface area contributed by atoms with E-state index in [0.717, 1.165) is 9.98 Å². The second kappa shape index (κ2) is 6.14. The van der Waals surface area contributed by atoms with Crippen molar-refractivity contribution in [2.75, 3.05) is 25.6 Å². The first kappa shape index (κ1) is 18.3. The van der Waals surface area contributed by atoms with E-state index in [1.54, 1.807) is 26.0 Å². The largest absolute Gasteiger partial charge is 0.390 e. The van der Waals surface area contributed by atoms with Crippen LogP contribution in [0.4, 0.5) is 0 Å². The second-order valence-electron chi connectivity index (χ2n) is 6.11. The van der Waals surface area contributed by atoms with E-state index in [4.69, 9.17) is 0 Å². The van der Waals surface area contributed by atoms with Gasteiger partial charge in [-0.25, -0.2) is 21.8 Å². The smallest absolute Gasteiger partial charge is 0.256 e. The van der Waals surface area contributed by atoms with Gasteiger partial charge in [0, 0.05) is 14.1 Å². The molecule has 0 saturated carbocycles. The molecule has 1 heterocycles. The molecule has 1 aliphatic rings. The fourth-order valence-corrected chi connectivity index (χ4v) is 6.67. The summed E-state index contributed by atoms with van der Waals surface area (Å²) in [4.78, 5) is 0.114. The van der Waals surface area contributed by atoms with Crippen molar-refractivity contribution in [3.05, 3.63) is 29.3 Å². The molecular weight excluding hydrogens is 340 g/mol. The van der Waals surface area contributed by atoms with Crippen LogP contribution in [0, 0.1) is 13.8 Å². The highest BCUT2D eigenvalue weighted by Gasteiger charge is 2.46. The van der Waals surface area contributed by atoms with E-state index in [1.807, 2.05) is 6.07 Å². The summed E-state index contributed by atoms with van der Waals surface area (Å²) >= 11 is 0. The van der Waals surface area contributed by atoms with Crippen LogP contribution in [-0.4, -0.2) is 69.1 Å². The van der Waals surface area contributed by atoms with Crippen molar-refractivity contribution in [1.29, 1.82) is 0 Å². The van der Waals surface area contributed by atoms with E-state index in [1.165, 1.54) is 19.1 Å². The summed E-state index contributed by atoms with van der Waals surface area (Å²) in [6.45, 7) is 3.47. The third-order valence-electron chi connectivity index (χ3n) is 3.84. The molecule has 23 heavy (non-hydrogen) atoms. The molecule has 0 unspecified atom stereocenters. The molecule has 0 aromatic heterocycles. The predicted molar refractivity (Wildman–Crippen MR) is 87.1 cm³/mol. The lowest BCUT2D eigenvalue weighted by Crippen LogP contribution is -2.53. The number of sulfone groups is 1. The first-order chi connectivity index (χ1) is 10.5. The number of hydrogen-bond donors (Lipinski definition) is 1. The molecule has 1 saturated heterocycles. The molecule has 1 aromatic rings. The van der Waals surface area contributed by atoms with Crippen LogP contribution in [0.2, 0.25) is 0 Å². The molecule has 2 atom stereocenters. The van der Waals surface area contributed by atoms with Crippen molar-refractivity contribution in [3.63, 3.8) is 0 Å². The summed E-state index contributed by atoms with van der Waals surface area (Å²) in [6, 6.07) is 4.04. The van der Waals surface area contributed by atoms with Crippen LogP contribution in [-0.2, 0) is 19.9 Å². The van der Waals surface area contributed by atoms with Crippen LogP contribution < -0.4 is 0 Å². The Balaban J connectivity index is 2.55. The summed E-state index contributed by atoms with van der Waals surface area (Å²) < 4.78 is 50.6. The van der Waals surface area contributed by atoms with E-state index in [2.05, 4.69) is 0 Å². The molecule has 1 fully saturated rings. The first-order valence-corrected chi connectivity index (χ1v) is 10.4. The average Bonchev–Trinajstić information content (AvgIpc) is 2.65. The van der Waals surface area contributed by atoms with Crippen molar-refractivity contribution >= 4 is 19.9 Å². The van der Waals surface area contributed by atoms with Crippen molar-refractivity contribution in [3.8, 4) is 0 Å². The van der Waals surface area contributed by atoms with Crippen LogP contribution in [0.3, 0.4) is 0 Å². The number of rotatable bonds is 4. The van der Waals surface area contributed by atoms with E-state index in [-0.39, 0.29) is 4.90 Å². The lowest BCUT2D eigenvalue weighted by Gasteiger charge is -2.34. The zero-order chi connectivity index (χ0) is 17.6. The highest BCUT2D eigenvalue weighted by molar-refractivity contribution is 7.92. The molecule has 9 heteroatoms. The standard InChI is InChI=1S/C14H22N2O5S2/c1-10-5-6-11(2)14(7-10)23(20,21)16(15(3)4)12-8-22(18,19)9-13(12)17/h5-7,12-13,17H,8-9H2,1-4H3/t12-,13+/m0/s1. The first-order valence-electron chi connectivity index (χ1n) is 7.13. The Labute approximate surface area is 137 Å². The zero-order valence-electron chi connectivity index (χ0n) is 13.6. The maximum atomic E-state index is 13.1. The van der Waals surface area contributed by atoms with Gasteiger partial charge in [0.15, 0.2) is 9.84 Å². The van der Waals surface area contributed by atoms with E-state index >= 15 is 0 Å². The monoisotopic (exact) mass is 362 g/mol. The molecule has 1 aromatic carbocycles. The highest BCUT2D eigenvalue weighted by Crippen LogP contribution is 2.28. The molecule has 0 amide bonds. The Kier molecular flexibility index (Phi) is 4.89. The number of aliphatic hydroxyl groups is 1. The Hall–Kier alpha value is -1.00. The molecule has 1 aliphatic heterocycles. The van der Waals surface area contributed by atoms with E-state index in [9.17, 15) is 21.9 Å². The third kappa shape index (κ3) is 3.58. The zero-order valence-corrected chi connectivity index (χ0v) is 15.2. The summed E-state index contributed by atoms with van der Waals surface area (Å²) in [6.07, 6.45) is -1.25. The molecule has 0 radical (unpaired) electrons. The highest BCUT2D eigenvalue weighted by atomic mass is 32.2. The molecule has 2 rings (SSSR count). The summed E-state index contributed by atoms with van der Waals surface area (Å²) in [5.74, 6) is -0.819. The van der Waals surface area contributed by atoms with Crippen LogP contribution >= 0.6 is 0 Å². The maximum Gasteiger partial charge on any atom is 0.256 e. The number of aliphatic hydroxyl groups excluding tert-OH is 1. The van der Waals surface area contributed by atoms with Crippen LogP contribution in [0.1, 0.15) is 11.1 Å². The fraction of sp³-hybridized carbons (Fsp3) is 0.571. The number of aryl methyl sites for hydroxylation is 2. The van der Waals surface area contributed by atoms with Gasteiger partial charge in [0.05, 0.1) is 28.5 Å². The Morgan fingerprint density at radius 1 is 1.17 bits per heavy atom. The minimum atomic E-state index is -3.99. The number of hydrogen-bond acceptors (Lipinski definition) is 6. The van der Waals surface area contributed by atoms with Crippen LogP contribution in [0.25, 0.3) is 0 Å². The van der Waals surface area contributed by atoms with Gasteiger partial charge in [0.25, 0.3) is 10.0 Å². The second-order valence-corrected chi connectivity index (χ2v) is 10.0. The molecule has 1 N–H and O–H groups in total. The van der Waals surface area contributed by atoms with Gasteiger partial charge in [0.1, 0.15) is 0 Å². The Morgan fingerprint density at radius 2 is 1.78 bits per heavy atom. The molecule has 0 aliphatic carbocycles. The topological polar surface area (TPSA) is 95.0 Å². The van der Waals surface area contributed by atoms with Gasteiger partial charge in [0.2, 0.25) is 0 Å². The quantitative estimate of drug-likeness (QED) is 0.754. The van der Waals surface area contributed by atoms with Crippen LogP contribution in [0.5, 0.6) is 0 Å². The van der Waals surface area contributed by atoms with Gasteiger partial charge in [-0.15, -0.1) is 4.41 Å². The maximum absolute atomic E-state index is 13.1. The van der Waals surface area contributed by atoms with Crippen molar-refractivity contribution in [2.45, 2.75) is 30.9 Å². The minimum absolute atomic E-state index is 0.114. The van der Waals surface area contributed by atoms with Crippen molar-refractivity contribution < 1.29 is 21.9 Å². The molecule has 0 bridgehead atoms. The molecule has 7 nitrogen and oxygen atoms in total. The van der Waals surface area contributed by atoms with E-state index < -0.39 is 43.5 Å². The van der Waals surface area contributed by atoms with Crippen molar-refractivity contribution in [2.24, 2.45) is 0 Å². The molecule has 0 spiro atoms. The molecular formula is C14H22N2O5S2. The van der Waals surface area contributed by atoms with Gasteiger partial charge < -0.3 is 5.11 Å². The normalized spacial score (nSPS) is 24.5. The SMILES string of the molecule is Cc1ccc(C)c(S(=O)(=O)N([C@H]2CS(=O)(=O)C[C@H]2O)N(C)C)c1. The van der Waals surface area contributed by atoms with Gasteiger partial charge in [-0.05, 0) is 31.0 Å². The van der Waals surface area contributed by atoms with E-state index in [0.29, 0.717) is 5.56 Å². The summed E-state index contributed by atoms with van der Waals surface area (Å²) in [5.41, 5.74) is 1.35. The van der Waals surface area contributed by atoms with Crippen molar-refractivity contribution in [1.82, 2.24) is 9.42 Å². The lowest BCUT2D eigenvalue weighted by atomic mass is 10.2. The number of hydrazine groups is 1. The minimum Gasteiger partial charge on any atom is -0.390 e. The van der Waals surface area contributed by atoms with Crippen LogP contribution in [0.15, 0.2) is 23.1 Å². The molecule has 130 valence electrons. The number of sulfonamides is 1. The Morgan fingerprint density at radius 3 is 2.26 bits per heavy atom. The number of benzene rings is 1. The van der Waals surface area contributed by atoms with Gasteiger partial charge in [-0.3, -0.25) is 0 Å².